The van der Waals surface area contributed by atoms with Crippen LogP contribution in [-0.2, 0) is 23.6 Å². The number of hydrogen-bond donors (Lipinski definition) is 0. The molecule has 37 heavy (non-hydrogen) atoms. The van der Waals surface area contributed by atoms with Crippen molar-refractivity contribution in [3.63, 3.8) is 0 Å². The topological polar surface area (TPSA) is 114 Å². The molecule has 1 atom stereocenters. The van der Waals surface area contributed by atoms with Crippen LogP contribution in [0.15, 0.2) is 29.8 Å². The number of carbonyl (C=O) groups is 4. The van der Waals surface area contributed by atoms with Gasteiger partial charge in [-0.05, 0) is 58.1 Å². The predicted molar refractivity (Wildman–Crippen MR) is 140 cm³/mol. The molecule has 0 aromatic heterocycles. The second kappa shape index (κ2) is 12.2. The molecule has 0 aliphatic carbocycles. The molecule has 2 rings (SSSR count). The third kappa shape index (κ3) is 8.54. The number of rotatable bonds is 9. The summed E-state index contributed by atoms with van der Waals surface area (Å²) in [7, 11) is -2.16. The first-order chi connectivity index (χ1) is 17.1. The second-order valence-electron chi connectivity index (χ2n) is 9.72. The van der Waals surface area contributed by atoms with Crippen molar-refractivity contribution in [1.29, 1.82) is 0 Å². The van der Waals surface area contributed by atoms with Crippen LogP contribution in [-0.4, -0.2) is 32.2 Å². The molecule has 0 fully saturated rings. The van der Waals surface area contributed by atoms with E-state index in [1.165, 1.54) is 45.9 Å². The molecule has 0 saturated heterocycles. The van der Waals surface area contributed by atoms with E-state index in [1.54, 1.807) is 0 Å². The van der Waals surface area contributed by atoms with Crippen molar-refractivity contribution in [2.75, 3.05) is 0 Å². The van der Waals surface area contributed by atoms with Gasteiger partial charge in [-0.1, -0.05) is 11.6 Å². The van der Waals surface area contributed by atoms with Crippen LogP contribution in [0, 0.1) is 0 Å². The fraction of sp³-hybridized carbons (Fsp3) is 0.407. The summed E-state index contributed by atoms with van der Waals surface area (Å²) in [6, 6.07) is 4.36. The Kier molecular flexibility index (Phi) is 9.77. The van der Waals surface area contributed by atoms with Gasteiger partial charge in [0.1, 0.15) is 23.0 Å². The van der Waals surface area contributed by atoms with Crippen LogP contribution in [0.1, 0.15) is 59.6 Å². The molecule has 0 radical (unpaired) electrons. The van der Waals surface area contributed by atoms with Gasteiger partial charge in [0, 0.05) is 33.3 Å². The lowest BCUT2D eigenvalue weighted by molar-refractivity contribution is -0.133. The van der Waals surface area contributed by atoms with Crippen LogP contribution in [0.25, 0.3) is 10.8 Å². The average molecular weight is 531 g/mol. The molecule has 200 valence electrons. The Morgan fingerprint density at radius 2 is 1.19 bits per heavy atom. The summed E-state index contributed by atoms with van der Waals surface area (Å²) in [6.07, 6.45) is 1.82. The zero-order valence-corrected chi connectivity index (χ0v) is 23.8. The summed E-state index contributed by atoms with van der Waals surface area (Å²) in [6.45, 7) is 14.9. The molecule has 10 heteroatoms. The van der Waals surface area contributed by atoms with Gasteiger partial charge < -0.3 is 23.4 Å². The smallest absolute Gasteiger partial charge is 0.308 e. The van der Waals surface area contributed by atoms with E-state index in [4.69, 9.17) is 23.4 Å². The van der Waals surface area contributed by atoms with Crippen molar-refractivity contribution >= 4 is 43.0 Å². The summed E-state index contributed by atoms with van der Waals surface area (Å²) < 4.78 is 28.6. The highest BCUT2D eigenvalue weighted by Crippen LogP contribution is 2.49. The van der Waals surface area contributed by atoms with Gasteiger partial charge in [0.25, 0.3) is 0 Å². The fourth-order valence-corrected chi connectivity index (χ4v) is 4.75. The Morgan fingerprint density at radius 3 is 1.62 bits per heavy atom. The molecule has 0 bridgehead atoms. The lowest BCUT2D eigenvalue weighted by Crippen LogP contribution is -2.28. The summed E-state index contributed by atoms with van der Waals surface area (Å²) in [4.78, 5) is 48.2. The van der Waals surface area contributed by atoms with Crippen LogP contribution in [0.4, 0.5) is 0 Å². The van der Waals surface area contributed by atoms with E-state index in [9.17, 15) is 19.2 Å². The Hall–Kier alpha value is -3.50. The Morgan fingerprint density at radius 1 is 0.730 bits per heavy atom. The molecule has 2 aromatic rings. The molecule has 0 spiro atoms. The van der Waals surface area contributed by atoms with E-state index in [2.05, 4.69) is 0 Å². The van der Waals surface area contributed by atoms with Gasteiger partial charge in [-0.25, -0.2) is 0 Å². The van der Waals surface area contributed by atoms with Crippen molar-refractivity contribution < 1.29 is 42.6 Å². The van der Waals surface area contributed by atoms with Crippen LogP contribution < -0.4 is 18.9 Å². The maximum Gasteiger partial charge on any atom is 0.308 e. The summed E-state index contributed by atoms with van der Waals surface area (Å²) >= 11 is 0. The first-order valence-corrected chi connectivity index (χ1v) is 15.2. The van der Waals surface area contributed by atoms with Crippen molar-refractivity contribution in [2.45, 2.75) is 73.7 Å². The zero-order chi connectivity index (χ0) is 28.1. The third-order valence-corrected chi connectivity index (χ3v) is 5.73. The van der Waals surface area contributed by atoms with E-state index in [0.29, 0.717) is 12.0 Å². The predicted octanol–water partition coefficient (Wildman–Crippen LogP) is 5.79. The van der Waals surface area contributed by atoms with Gasteiger partial charge in [0.15, 0.2) is 8.32 Å². The van der Waals surface area contributed by atoms with Crippen LogP contribution in [0.2, 0.25) is 19.6 Å². The molecule has 0 aliphatic heterocycles. The molecule has 0 heterocycles. The molecular formula is C27H34O9Si. The van der Waals surface area contributed by atoms with E-state index in [0.717, 1.165) is 5.57 Å². The molecular weight excluding hydrogens is 496 g/mol. The highest BCUT2D eigenvalue weighted by Gasteiger charge is 2.31. The highest BCUT2D eigenvalue weighted by molar-refractivity contribution is 6.69. The van der Waals surface area contributed by atoms with E-state index < -0.39 is 38.3 Å². The van der Waals surface area contributed by atoms with Gasteiger partial charge in [0.2, 0.25) is 0 Å². The minimum Gasteiger partial charge on any atom is -0.426 e. The molecule has 0 aliphatic rings. The van der Waals surface area contributed by atoms with Crippen molar-refractivity contribution in [3.8, 4) is 23.0 Å². The summed E-state index contributed by atoms with van der Waals surface area (Å²) in [5, 5.41) is 0.248. The quantitative estimate of drug-likeness (QED) is 0.172. The van der Waals surface area contributed by atoms with Gasteiger partial charge in [-0.3, -0.25) is 19.2 Å². The van der Waals surface area contributed by atoms with E-state index in [-0.39, 0.29) is 33.8 Å². The number of esters is 4. The molecule has 9 nitrogen and oxygen atoms in total. The van der Waals surface area contributed by atoms with Crippen molar-refractivity contribution in [1.82, 2.24) is 0 Å². The Labute approximate surface area is 217 Å². The fourth-order valence-electron chi connectivity index (χ4n) is 3.67. The minimum atomic E-state index is -2.16. The Balaban J connectivity index is 3.14. The molecule has 0 N–H and O–H groups in total. The lowest BCUT2D eigenvalue weighted by Gasteiger charge is -2.29. The molecule has 0 amide bonds. The highest BCUT2D eigenvalue weighted by atomic mass is 28.4. The average Bonchev–Trinajstić information content (AvgIpc) is 2.71. The largest absolute Gasteiger partial charge is 0.426 e. The Bertz CT molecular complexity index is 1250. The number of ether oxygens (including phenoxy) is 4. The second-order valence-corrected chi connectivity index (χ2v) is 14.2. The zero-order valence-electron chi connectivity index (χ0n) is 22.8. The number of allylic oxidation sites excluding steroid dienone is 1. The normalized spacial score (nSPS) is 11.9. The maximum absolute atomic E-state index is 12.3. The molecule has 0 saturated carbocycles. The van der Waals surface area contributed by atoms with E-state index >= 15 is 0 Å². The number of fused-ring (bicyclic) bond motifs is 1. The van der Waals surface area contributed by atoms with Gasteiger partial charge >= 0.3 is 23.9 Å². The van der Waals surface area contributed by atoms with Crippen molar-refractivity contribution in [3.05, 3.63) is 35.4 Å². The number of benzene rings is 2. The summed E-state index contributed by atoms with van der Waals surface area (Å²) in [5.41, 5.74) is 1.46. The van der Waals surface area contributed by atoms with Crippen LogP contribution >= 0.6 is 0 Å². The van der Waals surface area contributed by atoms with Gasteiger partial charge in [-0.15, -0.1) is 0 Å². The SMILES string of the molecule is CC(=O)Oc1ccc(OC(C)=O)c2c(OC(C)=O)c(C(CC=C(C)C)O[Si](C)(C)C)cc(OC(C)=O)c12. The maximum atomic E-state index is 12.3. The van der Waals surface area contributed by atoms with Crippen LogP contribution in [0.3, 0.4) is 0 Å². The lowest BCUT2D eigenvalue weighted by atomic mass is 9.97. The van der Waals surface area contributed by atoms with Gasteiger partial charge in [0.05, 0.1) is 16.9 Å². The first kappa shape index (κ1) is 29.7. The third-order valence-electron chi connectivity index (χ3n) is 4.74. The van der Waals surface area contributed by atoms with Crippen LogP contribution in [0.5, 0.6) is 23.0 Å². The molecule has 2 aromatic carbocycles. The standard InChI is InChI=1S/C27H34O9Si/c1-15(2)10-11-21(36-37(7,8)9)20-14-24(34-18(5)30)25-22(32-16(3)28)12-13-23(33-17(4)29)26(25)27(20)35-19(6)31/h10,12-14,21H,11H2,1-9H3. The van der Waals surface area contributed by atoms with Gasteiger partial charge in [-0.2, -0.15) is 0 Å². The van der Waals surface area contributed by atoms with E-state index in [1.807, 2.05) is 39.6 Å². The molecule has 1 unspecified atom stereocenters. The number of hydrogen-bond acceptors (Lipinski definition) is 9. The number of carbonyl (C=O) groups excluding carboxylic acids is 4. The summed E-state index contributed by atoms with van der Waals surface area (Å²) in [5.74, 6) is -2.39. The monoisotopic (exact) mass is 530 g/mol. The first-order valence-electron chi connectivity index (χ1n) is 11.8. The van der Waals surface area contributed by atoms with Crippen molar-refractivity contribution in [2.24, 2.45) is 0 Å². The minimum absolute atomic E-state index is 0.0267.